The quantitative estimate of drug-likeness (QED) is 0.805. The predicted octanol–water partition coefficient (Wildman–Crippen LogP) is 4.29. The molecule has 0 aromatic heterocycles. The van der Waals surface area contributed by atoms with Crippen LogP contribution < -0.4 is 10.3 Å². The molecule has 0 saturated carbocycles. The Balaban J connectivity index is 2.74. The van der Waals surface area contributed by atoms with Gasteiger partial charge >= 0.3 is 12.3 Å². The Labute approximate surface area is 122 Å². The maximum atomic E-state index is 12.6. The highest BCUT2D eigenvalue weighted by Gasteiger charge is 2.31. The maximum Gasteiger partial charge on any atom is 0.441 e. The molecule has 0 aliphatic heterocycles. The summed E-state index contributed by atoms with van der Waals surface area (Å²) in [5.74, 6) is -0.169. The third-order valence-corrected chi connectivity index (χ3v) is 2.31. The molecule has 0 unspecified atom stereocenters. The number of carbonyl (C=O) groups excluding carboxylic acids is 1. The lowest BCUT2D eigenvalue weighted by Crippen LogP contribution is -2.34. The molecule has 0 saturated heterocycles. The van der Waals surface area contributed by atoms with E-state index in [0.29, 0.717) is 0 Å². The Kier molecular flexibility index (Phi) is 4.90. The molecular weight excluding hydrogens is 343 g/mol. The first-order chi connectivity index (χ1) is 8.97. The van der Waals surface area contributed by atoms with E-state index < -0.39 is 23.4 Å². The highest BCUT2D eigenvalue weighted by molar-refractivity contribution is 9.10. The van der Waals surface area contributed by atoms with Crippen LogP contribution in [0.2, 0.25) is 0 Å². The van der Waals surface area contributed by atoms with Gasteiger partial charge in [-0.05, 0) is 39.0 Å². The van der Waals surface area contributed by atoms with Crippen molar-refractivity contribution >= 4 is 22.0 Å². The summed E-state index contributed by atoms with van der Waals surface area (Å²) in [6, 6.07) is 2.95. The number of nitrogens with one attached hydrogen (secondary N) is 1. The summed E-state index contributed by atoms with van der Waals surface area (Å²) in [5, 5.41) is 0. The van der Waals surface area contributed by atoms with Crippen LogP contribution in [0.25, 0.3) is 0 Å². The molecule has 20 heavy (non-hydrogen) atoms. The second-order valence-corrected chi connectivity index (χ2v) is 5.80. The van der Waals surface area contributed by atoms with E-state index in [1.807, 2.05) is 5.48 Å². The predicted molar refractivity (Wildman–Crippen MR) is 69.1 cm³/mol. The molecule has 0 fully saturated rings. The van der Waals surface area contributed by atoms with Gasteiger partial charge in [-0.15, -0.1) is 0 Å². The van der Waals surface area contributed by atoms with E-state index in [9.17, 15) is 18.0 Å². The van der Waals surface area contributed by atoms with Crippen LogP contribution in [0.3, 0.4) is 0 Å². The normalized spacial score (nSPS) is 11.9. The summed E-state index contributed by atoms with van der Waals surface area (Å²) in [6.07, 6.45) is -5.40. The second kappa shape index (κ2) is 5.90. The van der Waals surface area contributed by atoms with Crippen LogP contribution in [0.4, 0.5) is 18.0 Å². The van der Waals surface area contributed by atoms with Gasteiger partial charge in [-0.3, -0.25) is 0 Å². The van der Waals surface area contributed by atoms with Crippen LogP contribution in [0.1, 0.15) is 26.3 Å². The molecule has 1 aromatic rings. The van der Waals surface area contributed by atoms with E-state index in [2.05, 4.69) is 15.9 Å². The Morgan fingerprint density at radius 1 is 1.20 bits per heavy atom. The molecule has 0 radical (unpaired) electrons. The fourth-order valence-electron chi connectivity index (χ4n) is 1.18. The van der Waals surface area contributed by atoms with Gasteiger partial charge in [0.15, 0.2) is 5.75 Å². The zero-order valence-corrected chi connectivity index (χ0v) is 12.6. The van der Waals surface area contributed by atoms with Crippen LogP contribution in [-0.4, -0.2) is 11.7 Å². The van der Waals surface area contributed by atoms with Crippen molar-refractivity contribution in [2.24, 2.45) is 0 Å². The van der Waals surface area contributed by atoms with Crippen LogP contribution in [0.15, 0.2) is 22.7 Å². The second-order valence-electron chi connectivity index (χ2n) is 4.88. The standard InChI is InChI=1S/C12H13BrF3NO3/c1-11(2,3)19-10(18)17-20-9-5-7(12(14,15)16)4-8(13)6-9/h4-6H,1-3H3,(H,17,18). The Morgan fingerprint density at radius 3 is 2.30 bits per heavy atom. The third-order valence-electron chi connectivity index (χ3n) is 1.85. The van der Waals surface area contributed by atoms with Gasteiger partial charge < -0.3 is 9.57 Å². The lowest BCUT2D eigenvalue weighted by molar-refractivity contribution is -0.137. The lowest BCUT2D eigenvalue weighted by atomic mass is 10.2. The number of hydrogen-bond donors (Lipinski definition) is 1. The van der Waals surface area contributed by atoms with E-state index in [-0.39, 0.29) is 10.2 Å². The first-order valence-electron chi connectivity index (χ1n) is 5.51. The van der Waals surface area contributed by atoms with Gasteiger partial charge in [0.25, 0.3) is 0 Å². The van der Waals surface area contributed by atoms with Gasteiger partial charge in [0.1, 0.15) is 5.60 Å². The molecule has 0 aliphatic rings. The molecule has 0 bridgehead atoms. The van der Waals surface area contributed by atoms with E-state index in [4.69, 9.17) is 9.57 Å². The van der Waals surface area contributed by atoms with E-state index in [1.165, 1.54) is 6.07 Å². The molecule has 1 amide bonds. The SMILES string of the molecule is CC(C)(C)OC(=O)NOc1cc(Br)cc(C(F)(F)F)c1. The maximum absolute atomic E-state index is 12.6. The van der Waals surface area contributed by atoms with Crippen molar-refractivity contribution in [3.8, 4) is 5.75 Å². The minimum absolute atomic E-state index is 0.169. The van der Waals surface area contributed by atoms with Crippen LogP contribution in [0.5, 0.6) is 5.75 Å². The topological polar surface area (TPSA) is 47.6 Å². The highest BCUT2D eigenvalue weighted by atomic mass is 79.9. The molecule has 0 aliphatic carbocycles. The van der Waals surface area contributed by atoms with Crippen molar-refractivity contribution in [1.82, 2.24) is 5.48 Å². The summed E-state index contributed by atoms with van der Waals surface area (Å²) < 4.78 is 42.8. The van der Waals surface area contributed by atoms with E-state index >= 15 is 0 Å². The van der Waals surface area contributed by atoms with Crippen molar-refractivity contribution in [2.75, 3.05) is 0 Å². The van der Waals surface area contributed by atoms with Crippen molar-refractivity contribution < 1.29 is 27.5 Å². The first kappa shape index (κ1) is 16.6. The first-order valence-corrected chi connectivity index (χ1v) is 6.30. The number of halogens is 4. The third kappa shape index (κ3) is 5.68. The molecule has 0 atom stereocenters. The highest BCUT2D eigenvalue weighted by Crippen LogP contribution is 2.33. The van der Waals surface area contributed by atoms with E-state index in [1.54, 1.807) is 20.8 Å². The van der Waals surface area contributed by atoms with Gasteiger partial charge in [0.2, 0.25) is 0 Å². The molecule has 1 N–H and O–H groups in total. The molecule has 0 spiro atoms. The lowest BCUT2D eigenvalue weighted by Gasteiger charge is -2.19. The minimum Gasteiger partial charge on any atom is -0.442 e. The largest absolute Gasteiger partial charge is 0.442 e. The summed E-state index contributed by atoms with van der Waals surface area (Å²) in [5.41, 5.74) is 0.282. The average molecular weight is 356 g/mol. The van der Waals surface area contributed by atoms with E-state index in [0.717, 1.165) is 12.1 Å². The fourth-order valence-corrected chi connectivity index (χ4v) is 1.66. The number of hydrogen-bond acceptors (Lipinski definition) is 3. The number of carbonyl (C=O) groups is 1. The van der Waals surface area contributed by atoms with Gasteiger partial charge in [-0.1, -0.05) is 15.9 Å². The number of alkyl halides is 3. The van der Waals surface area contributed by atoms with Crippen molar-refractivity contribution in [2.45, 2.75) is 32.5 Å². The summed E-state index contributed by atoms with van der Waals surface area (Å²) in [6.45, 7) is 4.94. The Hall–Kier alpha value is -1.44. The molecule has 4 nitrogen and oxygen atoms in total. The van der Waals surface area contributed by atoms with Crippen LogP contribution in [0, 0.1) is 0 Å². The van der Waals surface area contributed by atoms with Gasteiger partial charge in [-0.25, -0.2) is 4.79 Å². The molecule has 1 aromatic carbocycles. The zero-order chi connectivity index (χ0) is 15.6. The summed E-state index contributed by atoms with van der Waals surface area (Å²) in [4.78, 5) is 16.1. The fraction of sp³-hybridized carbons (Fsp3) is 0.417. The zero-order valence-electron chi connectivity index (χ0n) is 11.0. The molecule has 0 heterocycles. The van der Waals surface area contributed by atoms with Crippen molar-refractivity contribution in [3.63, 3.8) is 0 Å². The molecular formula is C12H13BrF3NO3. The summed E-state index contributed by atoms with van der Waals surface area (Å²) >= 11 is 2.94. The number of rotatable bonds is 2. The number of amides is 1. The number of ether oxygens (including phenoxy) is 1. The smallest absolute Gasteiger partial charge is 0.441 e. The average Bonchev–Trinajstić information content (AvgIpc) is 2.22. The minimum atomic E-state index is -4.51. The monoisotopic (exact) mass is 355 g/mol. The van der Waals surface area contributed by atoms with Crippen LogP contribution >= 0.6 is 15.9 Å². The van der Waals surface area contributed by atoms with Gasteiger partial charge in [-0.2, -0.15) is 18.7 Å². The van der Waals surface area contributed by atoms with Gasteiger partial charge in [0, 0.05) is 4.47 Å². The molecule has 1 rings (SSSR count). The Morgan fingerprint density at radius 2 is 1.80 bits per heavy atom. The van der Waals surface area contributed by atoms with Crippen molar-refractivity contribution in [3.05, 3.63) is 28.2 Å². The summed E-state index contributed by atoms with van der Waals surface area (Å²) in [7, 11) is 0. The van der Waals surface area contributed by atoms with Crippen LogP contribution in [-0.2, 0) is 10.9 Å². The number of benzene rings is 1. The molecule has 112 valence electrons. The van der Waals surface area contributed by atoms with Crippen molar-refractivity contribution in [1.29, 1.82) is 0 Å². The van der Waals surface area contributed by atoms with Gasteiger partial charge in [0.05, 0.1) is 5.56 Å². The molecule has 8 heteroatoms. The number of hydroxylamine groups is 1. The Bertz CT molecular complexity index is 498.